The number of nitrogens with one attached hydrogen (secondary N) is 2. The largest absolute Gasteiger partial charge is 0.494 e. The van der Waals surface area contributed by atoms with Crippen LogP contribution >= 0.6 is 0 Å². The third-order valence-electron chi connectivity index (χ3n) is 9.71. The van der Waals surface area contributed by atoms with Crippen molar-refractivity contribution < 1.29 is 23.5 Å². The number of imide groups is 1. The highest BCUT2D eigenvalue weighted by molar-refractivity contribution is 6.10. The lowest BCUT2D eigenvalue weighted by molar-refractivity contribution is -0.122. The van der Waals surface area contributed by atoms with Crippen LogP contribution in [0, 0.1) is 17.7 Å². The molecule has 1 aromatic heterocycles. The predicted molar refractivity (Wildman–Crippen MR) is 174 cm³/mol. The van der Waals surface area contributed by atoms with Gasteiger partial charge in [-0.3, -0.25) is 19.8 Å². The smallest absolute Gasteiger partial charge is 0.323 e. The Morgan fingerprint density at radius 2 is 1.74 bits per heavy atom. The van der Waals surface area contributed by atoms with Crippen molar-refractivity contribution in [3.8, 4) is 28.8 Å². The molecule has 1 saturated carbocycles. The van der Waals surface area contributed by atoms with E-state index in [9.17, 15) is 18.8 Å². The number of anilines is 1. The van der Waals surface area contributed by atoms with Crippen LogP contribution in [0.4, 0.5) is 15.0 Å². The van der Waals surface area contributed by atoms with Crippen molar-refractivity contribution in [3.63, 3.8) is 0 Å². The molecule has 2 saturated heterocycles. The van der Waals surface area contributed by atoms with Crippen LogP contribution in [0.15, 0.2) is 54.6 Å². The molecular weight excluding hydrogens is 599 g/mol. The molecule has 242 valence electrons. The zero-order chi connectivity index (χ0) is 32.5. The number of piperazine rings is 1. The molecule has 3 aromatic rings. The van der Waals surface area contributed by atoms with E-state index in [1.54, 1.807) is 6.07 Å². The Balaban J connectivity index is 1.05. The highest BCUT2D eigenvalue weighted by Gasteiger charge is 2.49. The van der Waals surface area contributed by atoms with E-state index in [0.29, 0.717) is 11.1 Å². The van der Waals surface area contributed by atoms with Gasteiger partial charge in [0.2, 0.25) is 5.54 Å². The molecule has 0 radical (unpaired) electrons. The molecule has 0 bridgehead atoms. The summed E-state index contributed by atoms with van der Waals surface area (Å²) in [5, 5.41) is 4.82. The van der Waals surface area contributed by atoms with Crippen molar-refractivity contribution in [2.75, 3.05) is 44.7 Å². The van der Waals surface area contributed by atoms with Gasteiger partial charge < -0.3 is 19.9 Å². The third-order valence-corrected chi connectivity index (χ3v) is 9.71. The number of hydrogen-bond acceptors (Lipinski definition) is 7. The summed E-state index contributed by atoms with van der Waals surface area (Å²) in [6.45, 7) is 3.87. The molecule has 1 unspecified atom stereocenters. The number of rotatable bonds is 6. The fourth-order valence-corrected chi connectivity index (χ4v) is 7.12. The van der Waals surface area contributed by atoms with Crippen LogP contribution in [0.3, 0.4) is 0 Å². The molecular formula is C36H37FN6O4. The van der Waals surface area contributed by atoms with Gasteiger partial charge in [0.25, 0.3) is 11.8 Å². The van der Waals surface area contributed by atoms with Gasteiger partial charge in [0.05, 0.1) is 24.9 Å². The summed E-state index contributed by atoms with van der Waals surface area (Å²) in [7, 11) is 1.32. The SMILES string of the molecule is COc1ccc2c(c1F)C(=O)N(CC1(C#Cc3ccc(-c4cccc(N5CCN(C6CCCCC6)CC5)n4)cc3)NC(=O)NC1=O)C2. The van der Waals surface area contributed by atoms with Gasteiger partial charge >= 0.3 is 6.03 Å². The standard InChI is InChI=1S/C36H37FN6O4/c1-47-29-15-14-26-22-43(33(44)31(26)32(29)37)23-36(34(45)39-35(46)40-36)17-16-24-10-12-25(13-11-24)28-8-5-9-30(38-28)42-20-18-41(19-21-42)27-6-3-2-4-7-27/h5,8-15,27H,2-4,6-7,18-23H2,1H3,(H2,39,40,45,46). The van der Waals surface area contributed by atoms with Crippen LogP contribution < -0.4 is 20.3 Å². The lowest BCUT2D eigenvalue weighted by Gasteiger charge is -2.41. The van der Waals surface area contributed by atoms with E-state index in [1.165, 1.54) is 50.2 Å². The molecule has 7 rings (SSSR count). The second-order valence-corrected chi connectivity index (χ2v) is 12.6. The lowest BCUT2D eigenvalue weighted by atomic mass is 9.94. The maximum Gasteiger partial charge on any atom is 0.323 e. The van der Waals surface area contributed by atoms with Gasteiger partial charge in [-0.1, -0.05) is 55.4 Å². The maximum absolute atomic E-state index is 14.9. The van der Waals surface area contributed by atoms with E-state index in [1.807, 2.05) is 36.4 Å². The minimum atomic E-state index is -1.70. The van der Waals surface area contributed by atoms with E-state index in [4.69, 9.17) is 9.72 Å². The van der Waals surface area contributed by atoms with Gasteiger partial charge in [-0.05, 0) is 48.7 Å². The fraction of sp³-hybridized carbons (Fsp3) is 0.389. The zero-order valence-electron chi connectivity index (χ0n) is 26.4. The van der Waals surface area contributed by atoms with Crippen molar-refractivity contribution in [3.05, 3.63) is 77.1 Å². The summed E-state index contributed by atoms with van der Waals surface area (Å²) >= 11 is 0. The molecule has 4 amide bonds. The minimum absolute atomic E-state index is 0.0431. The first-order valence-corrected chi connectivity index (χ1v) is 16.2. The molecule has 2 aromatic carbocycles. The first kappa shape index (κ1) is 30.7. The van der Waals surface area contributed by atoms with Crippen molar-refractivity contribution >= 4 is 23.7 Å². The highest BCUT2D eigenvalue weighted by Crippen LogP contribution is 2.32. The zero-order valence-corrected chi connectivity index (χ0v) is 26.4. The van der Waals surface area contributed by atoms with Crippen LogP contribution in [0.5, 0.6) is 5.75 Å². The number of benzene rings is 2. The van der Waals surface area contributed by atoms with Crippen molar-refractivity contribution in [1.82, 2.24) is 25.4 Å². The number of carbonyl (C=O) groups excluding carboxylic acids is 3. The number of methoxy groups -OCH3 is 1. The van der Waals surface area contributed by atoms with Crippen LogP contribution in [-0.4, -0.2) is 84.0 Å². The van der Waals surface area contributed by atoms with Gasteiger partial charge in [0, 0.05) is 49.9 Å². The van der Waals surface area contributed by atoms with Crippen molar-refractivity contribution in [2.24, 2.45) is 0 Å². The van der Waals surface area contributed by atoms with Gasteiger partial charge in [-0.15, -0.1) is 0 Å². The minimum Gasteiger partial charge on any atom is -0.494 e. The Bertz CT molecular complexity index is 1770. The number of aromatic nitrogens is 1. The number of carbonyl (C=O) groups is 3. The van der Waals surface area contributed by atoms with E-state index >= 15 is 0 Å². The van der Waals surface area contributed by atoms with Crippen LogP contribution in [0.2, 0.25) is 0 Å². The Kier molecular flexibility index (Phi) is 8.28. The molecule has 3 aliphatic heterocycles. The first-order valence-electron chi connectivity index (χ1n) is 16.2. The second-order valence-electron chi connectivity index (χ2n) is 12.6. The van der Waals surface area contributed by atoms with Gasteiger partial charge in [-0.25, -0.2) is 14.2 Å². The van der Waals surface area contributed by atoms with Crippen molar-refractivity contribution in [1.29, 1.82) is 0 Å². The molecule has 3 fully saturated rings. The molecule has 10 nitrogen and oxygen atoms in total. The summed E-state index contributed by atoms with van der Waals surface area (Å²) in [4.78, 5) is 49.7. The van der Waals surface area contributed by atoms with Crippen LogP contribution in [0.25, 0.3) is 11.3 Å². The Morgan fingerprint density at radius 3 is 2.45 bits per heavy atom. The molecule has 2 N–H and O–H groups in total. The number of hydrogen-bond donors (Lipinski definition) is 2. The van der Waals surface area contributed by atoms with E-state index < -0.39 is 29.2 Å². The summed E-state index contributed by atoms with van der Waals surface area (Å²) in [6.07, 6.45) is 6.70. The second kappa shape index (κ2) is 12.7. The monoisotopic (exact) mass is 636 g/mol. The van der Waals surface area contributed by atoms with E-state index in [0.717, 1.165) is 49.3 Å². The fourth-order valence-electron chi connectivity index (χ4n) is 7.12. The number of halogens is 1. The number of urea groups is 1. The molecule has 47 heavy (non-hydrogen) atoms. The number of fused-ring (bicyclic) bond motifs is 1. The lowest BCUT2D eigenvalue weighted by Crippen LogP contribution is -2.54. The van der Waals surface area contributed by atoms with E-state index in [-0.39, 0.29) is 24.4 Å². The highest BCUT2D eigenvalue weighted by atomic mass is 19.1. The predicted octanol–water partition coefficient (Wildman–Crippen LogP) is 3.94. The van der Waals surface area contributed by atoms with Crippen LogP contribution in [0.1, 0.15) is 53.6 Å². The summed E-state index contributed by atoms with van der Waals surface area (Å²) < 4.78 is 19.9. The van der Waals surface area contributed by atoms with Gasteiger partial charge in [0.1, 0.15) is 5.82 Å². The topological polar surface area (TPSA) is 107 Å². The molecule has 11 heteroatoms. The molecule has 1 atom stereocenters. The summed E-state index contributed by atoms with van der Waals surface area (Å²) in [6, 6.07) is 16.7. The molecule has 1 aliphatic carbocycles. The molecule has 0 spiro atoms. The first-order chi connectivity index (χ1) is 22.8. The van der Waals surface area contributed by atoms with Crippen molar-refractivity contribution in [2.45, 2.75) is 50.2 Å². The third kappa shape index (κ3) is 6.01. The Hall–Kier alpha value is -4.95. The summed E-state index contributed by atoms with van der Waals surface area (Å²) in [5.41, 5.74) is 1.06. The normalized spacial score (nSPS) is 21.6. The number of ether oxygens (including phenoxy) is 1. The van der Waals surface area contributed by atoms with Crippen LogP contribution in [-0.2, 0) is 11.3 Å². The average Bonchev–Trinajstić information content (AvgIpc) is 3.58. The quantitative estimate of drug-likeness (QED) is 0.312. The molecule has 4 heterocycles. The average molecular weight is 637 g/mol. The number of pyridine rings is 1. The number of nitrogens with zero attached hydrogens (tertiary/aromatic N) is 4. The van der Waals surface area contributed by atoms with Gasteiger partial charge in [0.15, 0.2) is 11.6 Å². The van der Waals surface area contributed by atoms with E-state index in [2.05, 4.69) is 38.3 Å². The van der Waals surface area contributed by atoms with Gasteiger partial charge in [-0.2, -0.15) is 0 Å². The maximum atomic E-state index is 14.9. The summed E-state index contributed by atoms with van der Waals surface area (Å²) in [5.74, 6) is 4.81. The Morgan fingerprint density at radius 1 is 0.979 bits per heavy atom. The molecule has 4 aliphatic rings. The Labute approximate surface area is 273 Å². The number of amides is 4.